The lowest BCUT2D eigenvalue weighted by Crippen LogP contribution is -2.49. The second-order valence-corrected chi connectivity index (χ2v) is 16.8. The molecule has 2 amide bonds. The van der Waals surface area contributed by atoms with Crippen LogP contribution in [0.5, 0.6) is 0 Å². The quantitative estimate of drug-likeness (QED) is 0.185. The maximum atomic E-state index is 13.7. The highest BCUT2D eigenvalue weighted by Crippen LogP contribution is 2.61. The Morgan fingerprint density at radius 3 is 2.29 bits per heavy atom. The van der Waals surface area contributed by atoms with E-state index < -0.39 is 0 Å². The molecule has 4 aromatic rings. The minimum Gasteiger partial charge on any atom is -0.353 e. The minimum atomic E-state index is -0.265. The van der Waals surface area contributed by atoms with Crippen LogP contribution in [0.1, 0.15) is 105 Å². The van der Waals surface area contributed by atoms with Crippen molar-refractivity contribution in [3.05, 3.63) is 75.5 Å². The topological polar surface area (TPSA) is 116 Å². The molecule has 0 unspecified atom stereocenters. The molecular weight excluding hydrogens is 651 g/mol. The van der Waals surface area contributed by atoms with Gasteiger partial charge >= 0.3 is 0 Å². The Balaban J connectivity index is 0.911. The molecule has 10 nitrogen and oxygen atoms in total. The molecule has 2 N–H and O–H groups in total. The van der Waals surface area contributed by atoms with Crippen molar-refractivity contribution in [2.75, 3.05) is 31.1 Å². The number of carbonyl (C=O) groups excluding carboxylic acids is 2. The van der Waals surface area contributed by atoms with E-state index in [1.165, 1.54) is 44.9 Å². The van der Waals surface area contributed by atoms with Gasteiger partial charge in [0.1, 0.15) is 5.82 Å². The molecule has 4 heterocycles. The SMILES string of the molecule is Cc1cc(C)c(CNC(=O)c2cc(-c3ccc(N4CCN(C(=O)CCCC56CC7CC(CC(C7)C5)C6)CC4)nc3)cc3c2cnn3C(C)C)c(=O)[nH]1. The number of amides is 2. The first-order valence-corrected chi connectivity index (χ1v) is 19.5. The number of benzene rings is 1. The van der Waals surface area contributed by atoms with E-state index in [1.807, 2.05) is 42.9 Å². The molecule has 0 atom stereocenters. The first-order chi connectivity index (χ1) is 25.0. The average Bonchev–Trinajstić information content (AvgIpc) is 3.55. The summed E-state index contributed by atoms with van der Waals surface area (Å²) in [6.45, 7) is 11.0. The minimum absolute atomic E-state index is 0.102. The van der Waals surface area contributed by atoms with Crippen LogP contribution in [0.4, 0.5) is 5.82 Å². The Morgan fingerprint density at radius 1 is 0.942 bits per heavy atom. The van der Waals surface area contributed by atoms with E-state index in [-0.39, 0.29) is 24.1 Å². The van der Waals surface area contributed by atoms with E-state index in [2.05, 4.69) is 51.2 Å². The molecule has 4 bridgehead atoms. The van der Waals surface area contributed by atoms with Gasteiger partial charge in [-0.25, -0.2) is 4.98 Å². The van der Waals surface area contributed by atoms with Crippen molar-refractivity contribution in [2.24, 2.45) is 23.2 Å². The van der Waals surface area contributed by atoms with Gasteiger partial charge in [0.25, 0.3) is 11.5 Å². The summed E-state index contributed by atoms with van der Waals surface area (Å²) < 4.78 is 1.93. The molecule has 0 spiro atoms. The molecule has 5 aliphatic rings. The van der Waals surface area contributed by atoms with Crippen molar-refractivity contribution >= 4 is 28.5 Å². The van der Waals surface area contributed by atoms with Crippen molar-refractivity contribution < 1.29 is 9.59 Å². The summed E-state index contributed by atoms with van der Waals surface area (Å²) in [5.41, 5.74) is 5.67. The number of rotatable bonds is 10. The van der Waals surface area contributed by atoms with Crippen molar-refractivity contribution in [3.8, 4) is 11.1 Å². The average molecular weight is 704 g/mol. The smallest absolute Gasteiger partial charge is 0.253 e. The molecule has 10 heteroatoms. The van der Waals surface area contributed by atoms with Gasteiger partial charge in [-0.2, -0.15) is 5.10 Å². The molecule has 3 aromatic heterocycles. The van der Waals surface area contributed by atoms with Gasteiger partial charge in [0, 0.05) is 73.6 Å². The number of hydrogen-bond acceptors (Lipinski definition) is 6. The zero-order valence-corrected chi connectivity index (χ0v) is 31.2. The summed E-state index contributed by atoms with van der Waals surface area (Å²) in [5.74, 6) is 3.83. The molecule has 1 aromatic carbocycles. The number of pyridine rings is 2. The third-order valence-corrected chi connectivity index (χ3v) is 12.7. The van der Waals surface area contributed by atoms with Gasteiger partial charge < -0.3 is 20.1 Å². The summed E-state index contributed by atoms with van der Waals surface area (Å²) in [6.07, 6.45) is 15.2. The number of nitrogens with one attached hydrogen (secondary N) is 2. The first kappa shape index (κ1) is 34.6. The van der Waals surface area contributed by atoms with Crippen LogP contribution in [-0.4, -0.2) is 62.6 Å². The van der Waals surface area contributed by atoms with Gasteiger partial charge in [0.05, 0.1) is 17.3 Å². The van der Waals surface area contributed by atoms with Gasteiger partial charge in [-0.15, -0.1) is 0 Å². The zero-order valence-electron chi connectivity index (χ0n) is 31.2. The highest BCUT2D eigenvalue weighted by Gasteiger charge is 2.50. The third-order valence-electron chi connectivity index (χ3n) is 12.7. The number of hydrogen-bond donors (Lipinski definition) is 2. The monoisotopic (exact) mass is 703 g/mol. The predicted molar refractivity (Wildman–Crippen MR) is 204 cm³/mol. The number of aromatic amines is 1. The van der Waals surface area contributed by atoms with E-state index in [0.717, 1.165) is 89.5 Å². The fraction of sp³-hybridized carbons (Fsp3) is 0.548. The molecule has 274 valence electrons. The van der Waals surface area contributed by atoms with Crippen LogP contribution in [0.2, 0.25) is 0 Å². The first-order valence-electron chi connectivity index (χ1n) is 19.5. The van der Waals surface area contributed by atoms with E-state index in [9.17, 15) is 14.4 Å². The van der Waals surface area contributed by atoms with Gasteiger partial charge in [-0.3, -0.25) is 19.1 Å². The van der Waals surface area contributed by atoms with Crippen LogP contribution in [0, 0.1) is 37.0 Å². The Kier molecular flexibility index (Phi) is 9.20. The lowest BCUT2D eigenvalue weighted by Gasteiger charge is -2.57. The Hall–Kier alpha value is -4.47. The summed E-state index contributed by atoms with van der Waals surface area (Å²) in [4.78, 5) is 51.5. The van der Waals surface area contributed by atoms with Crippen LogP contribution in [0.25, 0.3) is 22.0 Å². The van der Waals surface area contributed by atoms with Gasteiger partial charge in [-0.1, -0.05) is 0 Å². The normalized spacial score (nSPS) is 23.9. The Bertz CT molecular complexity index is 2000. The van der Waals surface area contributed by atoms with E-state index in [0.29, 0.717) is 28.9 Å². The number of carbonyl (C=O) groups is 2. The summed E-state index contributed by atoms with van der Waals surface area (Å²) in [6, 6.07) is 10.1. The Labute approximate surface area is 306 Å². The van der Waals surface area contributed by atoms with Crippen molar-refractivity contribution in [1.82, 2.24) is 30.0 Å². The Morgan fingerprint density at radius 2 is 1.65 bits per heavy atom. The predicted octanol–water partition coefficient (Wildman–Crippen LogP) is 6.95. The number of fused-ring (bicyclic) bond motifs is 1. The lowest BCUT2D eigenvalue weighted by molar-refractivity contribution is -0.132. The lowest BCUT2D eigenvalue weighted by atomic mass is 9.48. The molecule has 1 saturated heterocycles. The number of H-pyrrole nitrogens is 1. The second-order valence-electron chi connectivity index (χ2n) is 16.8. The van der Waals surface area contributed by atoms with Crippen LogP contribution >= 0.6 is 0 Å². The summed E-state index contributed by atoms with van der Waals surface area (Å²) in [5, 5.41) is 8.35. The summed E-state index contributed by atoms with van der Waals surface area (Å²) in [7, 11) is 0. The molecular formula is C42H53N7O3. The maximum Gasteiger partial charge on any atom is 0.253 e. The maximum absolute atomic E-state index is 13.7. The van der Waals surface area contributed by atoms with Crippen LogP contribution in [0.3, 0.4) is 0 Å². The van der Waals surface area contributed by atoms with Crippen molar-refractivity contribution in [1.29, 1.82) is 0 Å². The largest absolute Gasteiger partial charge is 0.353 e. The van der Waals surface area contributed by atoms with Gasteiger partial charge in [0.2, 0.25) is 5.91 Å². The molecule has 9 rings (SSSR count). The molecule has 5 fully saturated rings. The molecule has 1 aliphatic heterocycles. The van der Waals surface area contributed by atoms with E-state index in [4.69, 9.17) is 4.98 Å². The van der Waals surface area contributed by atoms with Crippen LogP contribution in [-0.2, 0) is 11.3 Å². The van der Waals surface area contributed by atoms with E-state index >= 15 is 0 Å². The van der Waals surface area contributed by atoms with Crippen molar-refractivity contribution in [3.63, 3.8) is 0 Å². The number of aromatic nitrogens is 4. The molecule has 4 saturated carbocycles. The van der Waals surface area contributed by atoms with Crippen molar-refractivity contribution in [2.45, 2.75) is 98.1 Å². The van der Waals surface area contributed by atoms with Crippen LogP contribution < -0.4 is 15.8 Å². The fourth-order valence-corrected chi connectivity index (χ4v) is 10.6. The number of anilines is 1. The fourth-order valence-electron chi connectivity index (χ4n) is 10.6. The molecule has 52 heavy (non-hydrogen) atoms. The highest BCUT2D eigenvalue weighted by atomic mass is 16.2. The number of nitrogens with zero attached hydrogens (tertiary/aromatic N) is 5. The van der Waals surface area contributed by atoms with Crippen LogP contribution in [0.15, 0.2) is 47.5 Å². The second kappa shape index (κ2) is 13.8. The zero-order chi connectivity index (χ0) is 36.1. The highest BCUT2D eigenvalue weighted by molar-refractivity contribution is 6.08. The molecule has 0 radical (unpaired) electrons. The number of aryl methyl sites for hydroxylation is 2. The van der Waals surface area contributed by atoms with Gasteiger partial charge in [-0.05, 0) is 144 Å². The van der Waals surface area contributed by atoms with Gasteiger partial charge in [0.15, 0.2) is 0 Å². The number of piperazine rings is 1. The van der Waals surface area contributed by atoms with E-state index in [1.54, 1.807) is 6.20 Å². The standard InChI is InChI=1S/C42H53N7O3/c1-26(2)49-37-19-33(18-34(36(37)25-45-49)40(51)44-24-35-27(3)14-28(4)46-41(35)52)32-7-8-38(43-23-32)47-10-12-48(13-11-47)39(50)6-5-9-42-20-29-15-30(21-42)17-31(16-29)22-42/h7-8,14,18-19,23,25-26,29-31H,5-6,9-13,15-17,20-22,24H2,1-4H3,(H,44,51)(H,46,52). The third kappa shape index (κ3) is 6.76. The molecule has 4 aliphatic carbocycles. The summed E-state index contributed by atoms with van der Waals surface area (Å²) >= 11 is 0.